The lowest BCUT2D eigenvalue weighted by atomic mass is 10.0. The third-order valence-corrected chi connectivity index (χ3v) is 8.04. The number of carbonyl (C=O) groups is 1. The van der Waals surface area contributed by atoms with Gasteiger partial charge in [0.15, 0.2) is 9.84 Å². The minimum absolute atomic E-state index is 0.0243. The number of sulfone groups is 1. The van der Waals surface area contributed by atoms with E-state index in [2.05, 4.69) is 0 Å². The molecule has 1 heterocycles. The topological polar surface area (TPSA) is 63.7 Å². The molecule has 3 aromatic carbocycles. The van der Waals surface area contributed by atoms with Gasteiger partial charge >= 0.3 is 0 Å². The first-order chi connectivity index (χ1) is 15.7. The molecule has 0 saturated carbocycles. The van der Waals surface area contributed by atoms with Gasteiger partial charge in [-0.3, -0.25) is 4.79 Å². The van der Waals surface area contributed by atoms with Crippen molar-refractivity contribution in [3.8, 4) is 5.75 Å². The van der Waals surface area contributed by atoms with Crippen LogP contribution < -0.4 is 4.74 Å². The fraction of sp³-hybridized carbons (Fsp3) is 0.269. The van der Waals surface area contributed by atoms with E-state index in [-0.39, 0.29) is 27.7 Å². The van der Waals surface area contributed by atoms with Crippen molar-refractivity contribution in [3.05, 3.63) is 94.0 Å². The van der Waals surface area contributed by atoms with Gasteiger partial charge < -0.3 is 9.64 Å². The van der Waals surface area contributed by atoms with E-state index in [4.69, 9.17) is 16.3 Å². The van der Waals surface area contributed by atoms with E-state index in [0.717, 1.165) is 23.1 Å². The van der Waals surface area contributed by atoms with Crippen molar-refractivity contribution >= 4 is 27.3 Å². The Bertz CT molecular complexity index is 1270. The van der Waals surface area contributed by atoms with Gasteiger partial charge in [0.25, 0.3) is 5.91 Å². The summed E-state index contributed by atoms with van der Waals surface area (Å²) in [5.41, 5.74) is 3.31. The van der Waals surface area contributed by atoms with Crippen molar-refractivity contribution in [2.24, 2.45) is 0 Å². The van der Waals surface area contributed by atoms with Gasteiger partial charge in [0.2, 0.25) is 0 Å². The molecule has 1 atom stereocenters. The lowest BCUT2D eigenvalue weighted by Crippen LogP contribution is -2.31. The van der Waals surface area contributed by atoms with Crippen LogP contribution in [0.25, 0.3) is 0 Å². The van der Waals surface area contributed by atoms with Crippen molar-refractivity contribution in [2.45, 2.75) is 37.0 Å². The number of nitrogens with zero attached hydrogens (tertiary/aromatic N) is 1. The Morgan fingerprint density at radius 2 is 1.73 bits per heavy atom. The van der Waals surface area contributed by atoms with Gasteiger partial charge in [0.1, 0.15) is 11.9 Å². The number of hydrogen-bond donors (Lipinski definition) is 0. The summed E-state index contributed by atoms with van der Waals surface area (Å²) in [5.74, 6) is 0.444. The average molecular weight is 484 g/mol. The maximum absolute atomic E-state index is 13.1. The predicted octanol–water partition coefficient (Wildman–Crippen LogP) is 5.22. The summed E-state index contributed by atoms with van der Waals surface area (Å²) in [4.78, 5) is 15.0. The maximum Gasteiger partial charge on any atom is 0.254 e. The third kappa shape index (κ3) is 5.23. The van der Waals surface area contributed by atoms with E-state index < -0.39 is 9.84 Å². The third-order valence-electron chi connectivity index (χ3n) is 5.86. The highest BCUT2D eigenvalue weighted by Gasteiger charge is 2.29. The number of carbonyl (C=O) groups excluding carboxylic acids is 1. The largest absolute Gasteiger partial charge is 0.489 e. The molecular weight excluding hydrogens is 458 g/mol. The van der Waals surface area contributed by atoms with E-state index in [9.17, 15) is 13.2 Å². The van der Waals surface area contributed by atoms with Gasteiger partial charge in [-0.05, 0) is 54.8 Å². The molecule has 0 spiro atoms. The Balaban J connectivity index is 1.43. The summed E-state index contributed by atoms with van der Waals surface area (Å²) in [6.07, 6.45) is 0.576. The van der Waals surface area contributed by atoms with E-state index in [1.54, 1.807) is 36.4 Å². The normalized spacial score (nSPS) is 16.1. The van der Waals surface area contributed by atoms with Crippen LogP contribution in [-0.4, -0.2) is 38.4 Å². The molecule has 0 radical (unpaired) electrons. The molecule has 0 bridgehead atoms. The number of likely N-dealkylation sites (tertiary alicyclic amines) is 1. The van der Waals surface area contributed by atoms with Crippen LogP contribution >= 0.6 is 11.6 Å². The van der Waals surface area contributed by atoms with Gasteiger partial charge in [0, 0.05) is 18.5 Å². The molecule has 0 aliphatic carbocycles. The number of ether oxygens (including phenoxy) is 1. The monoisotopic (exact) mass is 483 g/mol. The van der Waals surface area contributed by atoms with Crippen molar-refractivity contribution < 1.29 is 17.9 Å². The summed E-state index contributed by atoms with van der Waals surface area (Å²) in [5, 5.41) is 0.213. The summed E-state index contributed by atoms with van der Waals surface area (Å²) >= 11 is 6.09. The van der Waals surface area contributed by atoms with Crippen LogP contribution in [0.1, 0.15) is 33.5 Å². The summed E-state index contributed by atoms with van der Waals surface area (Å²) in [6, 6.07) is 19.4. The highest BCUT2D eigenvalue weighted by Crippen LogP contribution is 2.27. The second-order valence-corrected chi connectivity index (χ2v) is 10.7. The first-order valence-corrected chi connectivity index (χ1v) is 12.9. The summed E-state index contributed by atoms with van der Waals surface area (Å²) < 4.78 is 31.8. The van der Waals surface area contributed by atoms with Crippen molar-refractivity contribution in [1.82, 2.24) is 4.90 Å². The molecule has 1 fully saturated rings. The van der Waals surface area contributed by atoms with E-state index >= 15 is 0 Å². The Labute approximate surface area is 199 Å². The highest BCUT2D eigenvalue weighted by atomic mass is 35.5. The zero-order chi connectivity index (χ0) is 23.6. The molecule has 1 aliphatic heterocycles. The molecule has 3 aromatic rings. The van der Waals surface area contributed by atoms with Crippen LogP contribution in [0.5, 0.6) is 5.75 Å². The molecule has 5 nitrogen and oxygen atoms in total. The molecule has 1 aliphatic rings. The minimum atomic E-state index is -3.59. The Morgan fingerprint density at radius 3 is 2.45 bits per heavy atom. The zero-order valence-corrected chi connectivity index (χ0v) is 20.2. The van der Waals surface area contributed by atoms with E-state index in [1.807, 2.05) is 43.0 Å². The van der Waals surface area contributed by atoms with Crippen LogP contribution in [0.4, 0.5) is 0 Å². The fourth-order valence-electron chi connectivity index (χ4n) is 4.21. The van der Waals surface area contributed by atoms with Crippen LogP contribution in [0.3, 0.4) is 0 Å². The second-order valence-electron chi connectivity index (χ2n) is 8.38. The standard InChI is InChI=1S/C26H26ClNO4S/c1-18-7-5-8-19(2)25(18)26(29)28-14-13-22(16-28)32-21-10-6-9-20(15-21)17-33(30,31)24-12-4-3-11-23(24)27/h3-12,15,22H,13-14,16-17H2,1-2H3/t22-/m0/s1. The molecular formula is C26H26ClNO4S. The van der Waals surface area contributed by atoms with Gasteiger partial charge in [-0.25, -0.2) is 8.42 Å². The lowest BCUT2D eigenvalue weighted by Gasteiger charge is -2.20. The van der Waals surface area contributed by atoms with Gasteiger partial charge in [-0.2, -0.15) is 0 Å². The Morgan fingerprint density at radius 1 is 1.03 bits per heavy atom. The number of halogens is 1. The maximum atomic E-state index is 13.1. The Hall–Kier alpha value is -2.83. The molecule has 7 heteroatoms. The molecule has 0 unspecified atom stereocenters. The number of benzene rings is 3. The molecule has 0 aromatic heterocycles. The average Bonchev–Trinajstić information content (AvgIpc) is 3.22. The van der Waals surface area contributed by atoms with Gasteiger partial charge in [-0.1, -0.05) is 54.1 Å². The molecule has 0 N–H and O–H groups in total. The first-order valence-electron chi connectivity index (χ1n) is 10.8. The molecule has 1 amide bonds. The molecule has 172 valence electrons. The Kier molecular flexibility index (Phi) is 6.77. The van der Waals surface area contributed by atoms with Gasteiger partial charge in [-0.15, -0.1) is 0 Å². The number of aryl methyl sites for hydroxylation is 2. The van der Waals surface area contributed by atoms with E-state index in [0.29, 0.717) is 24.4 Å². The second kappa shape index (κ2) is 9.57. The predicted molar refractivity (Wildman–Crippen MR) is 130 cm³/mol. The SMILES string of the molecule is Cc1cccc(C)c1C(=O)N1CC[C@H](Oc2cccc(CS(=O)(=O)c3ccccc3Cl)c2)C1. The minimum Gasteiger partial charge on any atom is -0.489 e. The number of rotatable bonds is 6. The van der Waals surface area contributed by atoms with Crippen LogP contribution in [0.2, 0.25) is 5.02 Å². The molecule has 1 saturated heterocycles. The summed E-state index contributed by atoms with van der Waals surface area (Å²) in [7, 11) is -3.59. The van der Waals surface area contributed by atoms with Gasteiger partial charge in [0.05, 0.1) is 22.2 Å². The fourth-order valence-corrected chi connectivity index (χ4v) is 6.13. The van der Waals surface area contributed by atoms with E-state index in [1.165, 1.54) is 6.07 Å². The van der Waals surface area contributed by atoms with Crippen molar-refractivity contribution in [2.75, 3.05) is 13.1 Å². The van der Waals surface area contributed by atoms with Crippen LogP contribution in [0, 0.1) is 13.8 Å². The molecule has 4 rings (SSSR count). The zero-order valence-electron chi connectivity index (χ0n) is 18.6. The van der Waals surface area contributed by atoms with Crippen LogP contribution in [-0.2, 0) is 15.6 Å². The lowest BCUT2D eigenvalue weighted by molar-refractivity contribution is 0.0771. The smallest absolute Gasteiger partial charge is 0.254 e. The van der Waals surface area contributed by atoms with Crippen molar-refractivity contribution in [1.29, 1.82) is 0 Å². The number of hydrogen-bond acceptors (Lipinski definition) is 4. The summed E-state index contributed by atoms with van der Waals surface area (Å²) in [6.45, 7) is 5.02. The van der Waals surface area contributed by atoms with Crippen molar-refractivity contribution in [3.63, 3.8) is 0 Å². The quantitative estimate of drug-likeness (QED) is 0.482. The molecule has 33 heavy (non-hydrogen) atoms. The highest BCUT2D eigenvalue weighted by molar-refractivity contribution is 7.90. The first kappa shape index (κ1) is 23.3. The number of amides is 1. The van der Waals surface area contributed by atoms with Crippen LogP contribution in [0.15, 0.2) is 71.6 Å².